The zero-order chi connectivity index (χ0) is 15.6. The van der Waals surface area contributed by atoms with Crippen LogP contribution in [0.25, 0.3) is 0 Å². The lowest BCUT2D eigenvalue weighted by atomic mass is 9.87. The third-order valence-electron chi connectivity index (χ3n) is 3.26. The van der Waals surface area contributed by atoms with Gasteiger partial charge < -0.3 is 4.74 Å². The molecule has 0 saturated heterocycles. The highest BCUT2D eigenvalue weighted by atomic mass is 16.5. The number of carbonyl (C=O) groups is 2. The van der Waals surface area contributed by atoms with Gasteiger partial charge in [0.1, 0.15) is 0 Å². The van der Waals surface area contributed by atoms with Crippen LogP contribution in [-0.4, -0.2) is 24.2 Å². The van der Waals surface area contributed by atoms with Crippen molar-refractivity contribution >= 4 is 23.3 Å². The van der Waals surface area contributed by atoms with Gasteiger partial charge in [-0.25, -0.2) is 4.79 Å². The van der Waals surface area contributed by atoms with E-state index in [9.17, 15) is 9.59 Å². The lowest BCUT2D eigenvalue weighted by Gasteiger charge is -2.20. The van der Waals surface area contributed by atoms with Crippen molar-refractivity contribution in [1.82, 2.24) is 0 Å². The van der Waals surface area contributed by atoms with Crippen LogP contribution in [0.5, 0.6) is 0 Å². The Morgan fingerprint density at radius 2 is 1.90 bits per heavy atom. The third-order valence-corrected chi connectivity index (χ3v) is 3.26. The molecule has 0 atom stereocenters. The maximum absolute atomic E-state index is 12.0. The van der Waals surface area contributed by atoms with Crippen LogP contribution in [0.3, 0.4) is 0 Å². The number of rotatable bonds is 3. The van der Waals surface area contributed by atoms with E-state index >= 15 is 0 Å². The minimum absolute atomic E-state index is 0.0140. The van der Waals surface area contributed by atoms with E-state index in [1.807, 2.05) is 24.3 Å². The van der Waals surface area contributed by atoms with E-state index in [1.54, 1.807) is 6.92 Å². The highest BCUT2D eigenvalue weighted by Crippen LogP contribution is 2.26. The molecule has 0 bridgehead atoms. The number of amides is 1. The van der Waals surface area contributed by atoms with Crippen molar-refractivity contribution in [2.45, 2.75) is 39.5 Å². The van der Waals surface area contributed by atoms with Crippen molar-refractivity contribution in [2.24, 2.45) is 5.10 Å². The highest BCUT2D eigenvalue weighted by molar-refractivity contribution is 6.42. The van der Waals surface area contributed by atoms with Crippen LogP contribution in [0.4, 0.5) is 5.69 Å². The fourth-order valence-corrected chi connectivity index (χ4v) is 2.06. The van der Waals surface area contributed by atoms with Gasteiger partial charge in [-0.2, -0.15) is 10.1 Å². The van der Waals surface area contributed by atoms with E-state index < -0.39 is 5.97 Å². The monoisotopic (exact) mass is 288 g/mol. The Labute approximate surface area is 124 Å². The van der Waals surface area contributed by atoms with E-state index in [4.69, 9.17) is 4.74 Å². The zero-order valence-corrected chi connectivity index (χ0v) is 12.8. The van der Waals surface area contributed by atoms with Crippen LogP contribution in [0.2, 0.25) is 0 Å². The number of anilines is 1. The predicted molar refractivity (Wildman–Crippen MR) is 81.3 cm³/mol. The second kappa shape index (κ2) is 5.68. The van der Waals surface area contributed by atoms with E-state index in [2.05, 4.69) is 25.9 Å². The molecule has 0 fully saturated rings. The van der Waals surface area contributed by atoms with Gasteiger partial charge in [0.2, 0.25) is 0 Å². The lowest BCUT2D eigenvalue weighted by molar-refractivity contribution is -0.135. The van der Waals surface area contributed by atoms with Crippen LogP contribution in [0.15, 0.2) is 29.4 Å². The molecule has 1 heterocycles. The molecular formula is C16H20N2O3. The number of esters is 1. The van der Waals surface area contributed by atoms with Crippen molar-refractivity contribution < 1.29 is 14.3 Å². The summed E-state index contributed by atoms with van der Waals surface area (Å²) >= 11 is 0. The van der Waals surface area contributed by atoms with Crippen LogP contribution >= 0.6 is 0 Å². The summed E-state index contributed by atoms with van der Waals surface area (Å²) < 4.78 is 4.87. The molecule has 21 heavy (non-hydrogen) atoms. The Balaban J connectivity index is 2.22. The first-order chi connectivity index (χ1) is 9.82. The van der Waals surface area contributed by atoms with Crippen molar-refractivity contribution in [3.8, 4) is 0 Å². The Morgan fingerprint density at radius 1 is 1.29 bits per heavy atom. The topological polar surface area (TPSA) is 59.0 Å². The van der Waals surface area contributed by atoms with Crippen LogP contribution in [-0.2, 0) is 19.7 Å². The molecule has 0 saturated carbocycles. The Kier molecular flexibility index (Phi) is 4.11. The predicted octanol–water partition coefficient (Wildman–Crippen LogP) is 2.64. The number of ether oxygens (including phenoxy) is 1. The summed E-state index contributed by atoms with van der Waals surface area (Å²) in [5, 5.41) is 5.34. The maximum Gasteiger partial charge on any atom is 0.355 e. The minimum atomic E-state index is -0.528. The second-order valence-electron chi connectivity index (χ2n) is 5.95. The fourth-order valence-electron chi connectivity index (χ4n) is 2.06. The second-order valence-corrected chi connectivity index (χ2v) is 5.95. The van der Waals surface area contributed by atoms with Crippen LogP contribution in [0, 0.1) is 0 Å². The lowest BCUT2D eigenvalue weighted by Crippen LogP contribution is -2.20. The molecule has 0 spiro atoms. The number of nitrogens with zero attached hydrogens (tertiary/aromatic N) is 2. The maximum atomic E-state index is 12.0. The molecule has 1 aromatic carbocycles. The van der Waals surface area contributed by atoms with Gasteiger partial charge >= 0.3 is 5.97 Å². The molecule has 1 aliphatic heterocycles. The molecule has 112 valence electrons. The minimum Gasteiger partial charge on any atom is -0.461 e. The first-order valence-electron chi connectivity index (χ1n) is 7.01. The normalized spacial score (nSPS) is 15.1. The van der Waals surface area contributed by atoms with E-state index in [1.165, 1.54) is 10.6 Å². The van der Waals surface area contributed by atoms with Crippen molar-refractivity contribution in [2.75, 3.05) is 11.6 Å². The Morgan fingerprint density at radius 3 is 2.43 bits per heavy atom. The average Bonchev–Trinajstić information content (AvgIpc) is 2.80. The van der Waals surface area contributed by atoms with Gasteiger partial charge in [0, 0.05) is 0 Å². The number of hydrogen-bond acceptors (Lipinski definition) is 4. The Hall–Kier alpha value is -2.17. The molecular weight excluding hydrogens is 268 g/mol. The van der Waals surface area contributed by atoms with Crippen molar-refractivity contribution in [3.63, 3.8) is 0 Å². The quantitative estimate of drug-likeness (QED) is 0.803. The van der Waals surface area contributed by atoms with Gasteiger partial charge in [0.15, 0.2) is 5.71 Å². The van der Waals surface area contributed by atoms with Crippen LogP contribution in [0.1, 0.15) is 39.7 Å². The summed E-state index contributed by atoms with van der Waals surface area (Å²) in [5.41, 5.74) is 2.04. The van der Waals surface area contributed by atoms with Gasteiger partial charge in [-0.3, -0.25) is 4.79 Å². The van der Waals surface area contributed by atoms with Gasteiger partial charge in [-0.15, -0.1) is 0 Å². The molecule has 5 nitrogen and oxygen atoms in total. The molecule has 1 amide bonds. The first-order valence-corrected chi connectivity index (χ1v) is 7.01. The van der Waals surface area contributed by atoms with E-state index in [0.717, 1.165) is 0 Å². The van der Waals surface area contributed by atoms with Crippen LogP contribution < -0.4 is 5.01 Å². The highest BCUT2D eigenvalue weighted by Gasteiger charge is 2.30. The molecule has 2 rings (SSSR count). The molecule has 0 unspecified atom stereocenters. The Bertz CT molecular complexity index is 583. The average molecular weight is 288 g/mol. The summed E-state index contributed by atoms with van der Waals surface area (Å²) in [5.74, 6) is -0.749. The van der Waals surface area contributed by atoms with E-state index in [-0.39, 0.29) is 30.1 Å². The largest absolute Gasteiger partial charge is 0.461 e. The summed E-state index contributed by atoms with van der Waals surface area (Å²) in [6, 6.07) is 7.63. The molecule has 0 N–H and O–H groups in total. The number of hydrogen-bond donors (Lipinski definition) is 0. The number of hydrazone groups is 1. The molecule has 0 radical (unpaired) electrons. The summed E-state index contributed by atoms with van der Waals surface area (Å²) in [4.78, 5) is 23.6. The van der Waals surface area contributed by atoms with Crippen molar-refractivity contribution in [1.29, 1.82) is 0 Å². The first kappa shape index (κ1) is 15.2. The van der Waals surface area contributed by atoms with Gasteiger partial charge in [0.25, 0.3) is 5.91 Å². The molecule has 0 aromatic heterocycles. The summed E-state index contributed by atoms with van der Waals surface area (Å²) in [7, 11) is 0. The number of carbonyl (C=O) groups excluding carboxylic acids is 2. The molecule has 1 aliphatic rings. The summed E-state index contributed by atoms with van der Waals surface area (Å²) in [6.45, 7) is 8.37. The number of benzene rings is 1. The fraction of sp³-hybridized carbons (Fsp3) is 0.438. The molecule has 5 heteroatoms. The molecule has 0 aliphatic carbocycles. The zero-order valence-electron chi connectivity index (χ0n) is 12.8. The standard InChI is InChI=1S/C16H20N2O3/c1-5-21-15(20)13-10-14(19)18(17-13)12-8-6-11(7-9-12)16(2,3)4/h6-9H,5,10H2,1-4H3. The van der Waals surface area contributed by atoms with Gasteiger partial charge in [0.05, 0.1) is 18.7 Å². The van der Waals surface area contributed by atoms with Crippen molar-refractivity contribution in [3.05, 3.63) is 29.8 Å². The van der Waals surface area contributed by atoms with E-state index in [0.29, 0.717) is 5.69 Å². The third kappa shape index (κ3) is 3.29. The smallest absolute Gasteiger partial charge is 0.355 e. The van der Waals surface area contributed by atoms with Gasteiger partial charge in [-0.1, -0.05) is 32.9 Å². The molecule has 1 aromatic rings. The SMILES string of the molecule is CCOC(=O)C1=NN(c2ccc(C(C)(C)C)cc2)C(=O)C1. The van der Waals surface area contributed by atoms with Gasteiger partial charge in [-0.05, 0) is 30.0 Å². The summed E-state index contributed by atoms with van der Waals surface area (Å²) in [6.07, 6.45) is -0.0140.